The maximum absolute atomic E-state index is 5.98. The van der Waals surface area contributed by atoms with Crippen molar-refractivity contribution in [2.24, 2.45) is 0 Å². The van der Waals surface area contributed by atoms with Gasteiger partial charge in [0.05, 0.1) is 5.56 Å². The zero-order valence-corrected chi connectivity index (χ0v) is 14.4. The van der Waals surface area contributed by atoms with Crippen LogP contribution in [0, 0.1) is 6.92 Å². The van der Waals surface area contributed by atoms with Crippen molar-refractivity contribution in [1.29, 1.82) is 0 Å². The Kier molecular flexibility index (Phi) is 5.17. The van der Waals surface area contributed by atoms with Gasteiger partial charge in [-0.2, -0.15) is 0 Å². The summed E-state index contributed by atoms with van der Waals surface area (Å²) in [5, 5.41) is 3.27. The molecule has 0 saturated heterocycles. The highest BCUT2D eigenvalue weighted by atomic mass is 79.9. The Morgan fingerprint density at radius 3 is 2.67 bits per heavy atom. The van der Waals surface area contributed by atoms with Crippen LogP contribution in [0.25, 0.3) is 0 Å². The van der Waals surface area contributed by atoms with Gasteiger partial charge in [-0.05, 0) is 43.5 Å². The van der Waals surface area contributed by atoms with Crippen LogP contribution in [0.15, 0.2) is 29.0 Å². The summed E-state index contributed by atoms with van der Waals surface area (Å²) in [5.74, 6) is 2.49. The maximum atomic E-state index is 5.98. The van der Waals surface area contributed by atoms with Gasteiger partial charge in [-0.3, -0.25) is 0 Å². The van der Waals surface area contributed by atoms with E-state index in [-0.39, 0.29) is 5.92 Å². The van der Waals surface area contributed by atoms with E-state index in [0.29, 0.717) is 5.88 Å². The fourth-order valence-electron chi connectivity index (χ4n) is 2.08. The second kappa shape index (κ2) is 6.89. The number of hydrogen-bond donors (Lipinski definition) is 1. The molecular weight excluding hydrogens is 330 g/mol. The monoisotopic (exact) mass is 349 g/mol. The van der Waals surface area contributed by atoms with Gasteiger partial charge >= 0.3 is 0 Å². The first-order valence-electron chi connectivity index (χ1n) is 7.05. The van der Waals surface area contributed by atoms with Crippen LogP contribution in [-0.4, -0.2) is 16.5 Å². The molecule has 0 spiro atoms. The first kappa shape index (κ1) is 15.8. The van der Waals surface area contributed by atoms with Crippen LogP contribution in [0.3, 0.4) is 0 Å². The second-order valence-corrected chi connectivity index (χ2v) is 5.99. The zero-order chi connectivity index (χ0) is 15.4. The summed E-state index contributed by atoms with van der Waals surface area (Å²) >= 11 is 3.49. The van der Waals surface area contributed by atoms with Crippen LogP contribution in [0.2, 0.25) is 0 Å². The highest BCUT2D eigenvalue weighted by molar-refractivity contribution is 9.10. The molecule has 1 N–H and O–H groups in total. The molecule has 0 amide bonds. The van der Waals surface area contributed by atoms with Crippen molar-refractivity contribution < 1.29 is 4.74 Å². The molecule has 112 valence electrons. The Bertz CT molecular complexity index is 629. The average Bonchev–Trinajstić information content (AvgIpc) is 2.43. The smallest absolute Gasteiger partial charge is 0.227 e. The summed E-state index contributed by atoms with van der Waals surface area (Å²) in [6, 6.07) is 5.89. The molecule has 0 radical (unpaired) electrons. The lowest BCUT2D eigenvalue weighted by molar-refractivity contribution is 0.451. The standard InChI is InChI=1S/C16H20BrN3O/c1-5-18-15-14(10(2)3)16(20-9-19-15)21-12-6-7-13(17)11(4)8-12/h6-10H,5H2,1-4H3,(H,18,19,20). The summed E-state index contributed by atoms with van der Waals surface area (Å²) in [6.45, 7) is 9.11. The number of benzene rings is 1. The first-order chi connectivity index (χ1) is 10.0. The van der Waals surface area contributed by atoms with E-state index in [9.17, 15) is 0 Å². The number of ether oxygens (including phenoxy) is 1. The van der Waals surface area contributed by atoms with E-state index in [1.54, 1.807) is 0 Å². The van der Waals surface area contributed by atoms with Crippen LogP contribution in [-0.2, 0) is 0 Å². The van der Waals surface area contributed by atoms with E-state index in [1.807, 2.05) is 32.0 Å². The predicted octanol–water partition coefficient (Wildman–Crippen LogP) is 4.90. The summed E-state index contributed by atoms with van der Waals surface area (Å²) in [6.07, 6.45) is 1.53. The van der Waals surface area contributed by atoms with E-state index in [0.717, 1.165) is 33.7 Å². The number of hydrogen-bond acceptors (Lipinski definition) is 4. The molecule has 1 aromatic heterocycles. The van der Waals surface area contributed by atoms with E-state index >= 15 is 0 Å². The Balaban J connectivity index is 2.38. The zero-order valence-electron chi connectivity index (χ0n) is 12.8. The van der Waals surface area contributed by atoms with E-state index in [4.69, 9.17) is 4.74 Å². The van der Waals surface area contributed by atoms with Crippen molar-refractivity contribution in [3.63, 3.8) is 0 Å². The van der Waals surface area contributed by atoms with E-state index in [1.165, 1.54) is 6.33 Å². The van der Waals surface area contributed by atoms with Crippen molar-refractivity contribution in [2.75, 3.05) is 11.9 Å². The number of anilines is 1. The van der Waals surface area contributed by atoms with Gasteiger partial charge in [0, 0.05) is 11.0 Å². The van der Waals surface area contributed by atoms with Gasteiger partial charge in [0.2, 0.25) is 5.88 Å². The van der Waals surface area contributed by atoms with Crippen LogP contribution in [0.5, 0.6) is 11.6 Å². The molecule has 0 aliphatic heterocycles. The number of halogens is 1. The number of aryl methyl sites for hydroxylation is 1. The molecule has 0 aliphatic rings. The minimum Gasteiger partial charge on any atom is -0.439 e. The quantitative estimate of drug-likeness (QED) is 0.834. The van der Waals surface area contributed by atoms with Crippen molar-refractivity contribution in [3.8, 4) is 11.6 Å². The molecule has 5 heteroatoms. The van der Waals surface area contributed by atoms with Gasteiger partial charge in [-0.25, -0.2) is 9.97 Å². The van der Waals surface area contributed by atoms with E-state index in [2.05, 4.69) is 45.1 Å². The molecule has 0 unspecified atom stereocenters. The van der Waals surface area contributed by atoms with Gasteiger partial charge < -0.3 is 10.1 Å². The molecule has 21 heavy (non-hydrogen) atoms. The van der Waals surface area contributed by atoms with Crippen LogP contribution >= 0.6 is 15.9 Å². The van der Waals surface area contributed by atoms with Gasteiger partial charge in [0.1, 0.15) is 17.9 Å². The molecule has 4 nitrogen and oxygen atoms in total. The fourth-order valence-corrected chi connectivity index (χ4v) is 2.33. The van der Waals surface area contributed by atoms with Crippen molar-refractivity contribution >= 4 is 21.7 Å². The van der Waals surface area contributed by atoms with Crippen LogP contribution in [0.1, 0.15) is 37.8 Å². The van der Waals surface area contributed by atoms with Crippen molar-refractivity contribution in [3.05, 3.63) is 40.1 Å². The van der Waals surface area contributed by atoms with Gasteiger partial charge in [-0.15, -0.1) is 0 Å². The predicted molar refractivity (Wildman–Crippen MR) is 89.2 cm³/mol. The van der Waals surface area contributed by atoms with Gasteiger partial charge in [0.25, 0.3) is 0 Å². The molecule has 0 aliphatic carbocycles. The third-order valence-electron chi connectivity index (χ3n) is 3.11. The average molecular weight is 350 g/mol. The number of rotatable bonds is 5. The number of nitrogens with zero attached hydrogens (tertiary/aromatic N) is 2. The van der Waals surface area contributed by atoms with Crippen molar-refractivity contribution in [2.45, 2.75) is 33.6 Å². The Labute approximate surface area is 134 Å². The summed E-state index contributed by atoms with van der Waals surface area (Å²) in [7, 11) is 0. The molecule has 2 rings (SSSR count). The number of aromatic nitrogens is 2. The second-order valence-electron chi connectivity index (χ2n) is 5.14. The SMILES string of the molecule is CCNc1ncnc(Oc2ccc(Br)c(C)c2)c1C(C)C. The fraction of sp³-hybridized carbons (Fsp3) is 0.375. The normalized spacial score (nSPS) is 10.8. The molecule has 0 saturated carbocycles. The highest BCUT2D eigenvalue weighted by Gasteiger charge is 2.16. The minimum absolute atomic E-state index is 0.270. The Morgan fingerprint density at radius 2 is 2.05 bits per heavy atom. The molecule has 0 bridgehead atoms. The lowest BCUT2D eigenvalue weighted by Gasteiger charge is -2.16. The summed E-state index contributed by atoms with van der Waals surface area (Å²) in [5.41, 5.74) is 2.12. The lowest BCUT2D eigenvalue weighted by Crippen LogP contribution is -2.07. The van der Waals surface area contributed by atoms with Crippen molar-refractivity contribution in [1.82, 2.24) is 9.97 Å². The third-order valence-corrected chi connectivity index (χ3v) is 4.00. The van der Waals surface area contributed by atoms with Crippen LogP contribution in [0.4, 0.5) is 5.82 Å². The molecule has 0 atom stereocenters. The summed E-state index contributed by atoms with van der Waals surface area (Å²) < 4.78 is 7.05. The molecule has 1 aromatic carbocycles. The maximum Gasteiger partial charge on any atom is 0.227 e. The van der Waals surface area contributed by atoms with Gasteiger partial charge in [-0.1, -0.05) is 29.8 Å². The molecular formula is C16H20BrN3O. The van der Waals surface area contributed by atoms with Crippen LogP contribution < -0.4 is 10.1 Å². The lowest BCUT2D eigenvalue weighted by atomic mass is 10.1. The topological polar surface area (TPSA) is 47.0 Å². The van der Waals surface area contributed by atoms with Gasteiger partial charge in [0.15, 0.2) is 0 Å². The molecule has 0 fully saturated rings. The largest absolute Gasteiger partial charge is 0.439 e. The third kappa shape index (κ3) is 3.73. The molecule has 1 heterocycles. The molecule has 2 aromatic rings. The van der Waals surface area contributed by atoms with E-state index < -0.39 is 0 Å². The minimum atomic E-state index is 0.270. The first-order valence-corrected chi connectivity index (χ1v) is 7.85. The Morgan fingerprint density at radius 1 is 1.29 bits per heavy atom. The Hall–Kier alpha value is -1.62. The number of nitrogens with one attached hydrogen (secondary N) is 1. The highest BCUT2D eigenvalue weighted by Crippen LogP contribution is 2.33. The summed E-state index contributed by atoms with van der Waals surface area (Å²) in [4.78, 5) is 8.62.